The van der Waals surface area contributed by atoms with Crippen LogP contribution in [0.2, 0.25) is 0 Å². The molecule has 78 valence electrons. The molecule has 0 aliphatic carbocycles. The van der Waals surface area contributed by atoms with Gasteiger partial charge in [-0.2, -0.15) is 0 Å². The van der Waals surface area contributed by atoms with Gasteiger partial charge in [0.2, 0.25) is 0 Å². The van der Waals surface area contributed by atoms with Crippen molar-refractivity contribution in [3.8, 4) is 0 Å². The van der Waals surface area contributed by atoms with Crippen LogP contribution in [0.4, 0.5) is 5.69 Å². The summed E-state index contributed by atoms with van der Waals surface area (Å²) in [6.07, 6.45) is 0. The molecular weight excluding hydrogens is 271 g/mol. The number of nitrogen functional groups attached to an aromatic ring is 1. The van der Waals surface area contributed by atoms with E-state index >= 15 is 0 Å². The summed E-state index contributed by atoms with van der Waals surface area (Å²) in [5.74, 6) is 0. The Hall–Kier alpha value is -0.752. The van der Waals surface area contributed by atoms with Crippen LogP contribution < -0.4 is 15.2 Å². The zero-order valence-corrected chi connectivity index (χ0v) is 9.88. The fraction of sp³-hybridized carbons (Fsp3) is 0. The number of hydrogen-bond acceptors (Lipinski definition) is 4. The second-order valence-corrected chi connectivity index (χ2v) is 6.57. The average molecular weight is 280 g/mol. The van der Waals surface area contributed by atoms with Crippen LogP contribution >= 0.6 is 0 Å². The predicted octanol–water partition coefficient (Wildman–Crippen LogP) is -2.23. The number of anilines is 1. The topological polar surface area (TPSA) is 123 Å². The van der Waals surface area contributed by atoms with Crippen molar-refractivity contribution in [2.24, 2.45) is 5.14 Å². The molecule has 0 saturated carbocycles. The molecule has 0 radical (unpaired) electrons. The van der Waals surface area contributed by atoms with Crippen molar-refractivity contribution in [3.05, 3.63) is 18.2 Å². The fourth-order valence-electron chi connectivity index (χ4n) is 0.913. The molecule has 1 unspecified atom stereocenters. The molecule has 1 aromatic rings. The Morgan fingerprint density at radius 2 is 1.93 bits per heavy atom. The summed E-state index contributed by atoms with van der Waals surface area (Å²) in [4.78, 5) is -0.168. The number of rotatable bonds is 2. The number of hydrogen-bond donors (Lipinski definition) is 3. The van der Waals surface area contributed by atoms with E-state index in [0.29, 0.717) is 0 Å². The van der Waals surface area contributed by atoms with Gasteiger partial charge < -0.3 is 0 Å². The molecular formula is C6H9AsN2O4S. The number of primary sulfonamides is 1. The minimum atomic E-state index is -3.81. The van der Waals surface area contributed by atoms with Crippen molar-refractivity contribution in [1.82, 2.24) is 0 Å². The maximum atomic E-state index is 10.9. The summed E-state index contributed by atoms with van der Waals surface area (Å²) in [5.41, 5.74) is 5.36. The van der Waals surface area contributed by atoms with Gasteiger partial charge >= 0.3 is 85.2 Å². The third-order valence-corrected chi connectivity index (χ3v) is 4.42. The van der Waals surface area contributed by atoms with Crippen LogP contribution in [-0.2, 0) is 13.8 Å². The van der Waals surface area contributed by atoms with Crippen molar-refractivity contribution in [2.75, 3.05) is 5.73 Å². The monoisotopic (exact) mass is 280 g/mol. The Balaban J connectivity index is 3.34. The fourth-order valence-corrected chi connectivity index (χ4v) is 2.61. The first-order valence-electron chi connectivity index (χ1n) is 3.48. The Bertz CT molecular complexity index is 485. The van der Waals surface area contributed by atoms with E-state index in [2.05, 4.69) is 0 Å². The molecule has 0 spiro atoms. The Labute approximate surface area is 85.4 Å². The molecule has 0 saturated heterocycles. The first-order valence-corrected chi connectivity index (χ1v) is 7.87. The van der Waals surface area contributed by atoms with Gasteiger partial charge in [0.05, 0.1) is 0 Å². The Kier molecular flexibility index (Phi) is 3.06. The van der Waals surface area contributed by atoms with E-state index < -0.39 is 25.0 Å². The van der Waals surface area contributed by atoms with Gasteiger partial charge in [-0.05, 0) is 0 Å². The van der Waals surface area contributed by atoms with E-state index in [1.165, 1.54) is 6.07 Å². The first-order chi connectivity index (χ1) is 6.32. The van der Waals surface area contributed by atoms with Crippen LogP contribution in [0.15, 0.2) is 23.1 Å². The van der Waals surface area contributed by atoms with Gasteiger partial charge in [-0.1, -0.05) is 0 Å². The molecule has 5 N–H and O–H groups in total. The third kappa shape index (κ3) is 2.39. The number of sulfonamides is 1. The van der Waals surface area contributed by atoms with Crippen molar-refractivity contribution in [3.63, 3.8) is 0 Å². The SMILES string of the molecule is Nc1cc(S(N)(=O)=O)ccc1[AsH](=O)O. The molecule has 6 nitrogen and oxygen atoms in total. The van der Waals surface area contributed by atoms with Gasteiger partial charge in [0.15, 0.2) is 0 Å². The molecule has 8 heteroatoms. The van der Waals surface area contributed by atoms with Crippen LogP contribution in [0.25, 0.3) is 0 Å². The molecule has 1 aromatic carbocycles. The van der Waals surface area contributed by atoms with Gasteiger partial charge in [-0.25, -0.2) is 0 Å². The standard InChI is InChI=1S/C6H9AsN2O4S/c8-6-3-4(14(9,12)13)1-2-5(6)7(10)11/h1-3,7H,8H2,(H,10,11)(H2,9,12,13). The molecule has 1 atom stereocenters. The Morgan fingerprint density at radius 1 is 1.36 bits per heavy atom. The van der Waals surface area contributed by atoms with Gasteiger partial charge in [0, 0.05) is 0 Å². The summed E-state index contributed by atoms with van der Waals surface area (Å²) in [6.45, 7) is 0. The first kappa shape index (κ1) is 11.3. The molecule has 0 bridgehead atoms. The van der Waals surface area contributed by atoms with Gasteiger partial charge in [-0.15, -0.1) is 0 Å². The molecule has 0 heterocycles. The quantitative estimate of drug-likeness (QED) is 0.417. The van der Waals surface area contributed by atoms with Crippen LogP contribution in [0, 0.1) is 0 Å². The van der Waals surface area contributed by atoms with Crippen LogP contribution in [0.3, 0.4) is 0 Å². The predicted molar refractivity (Wildman–Crippen MR) is 51.9 cm³/mol. The van der Waals surface area contributed by atoms with E-state index in [1.54, 1.807) is 0 Å². The molecule has 0 aliphatic rings. The van der Waals surface area contributed by atoms with Crippen LogP contribution in [0.1, 0.15) is 0 Å². The molecule has 0 amide bonds. The van der Waals surface area contributed by atoms with Crippen molar-refractivity contribution >= 4 is 35.0 Å². The normalized spacial score (nSPS) is 13.9. The number of benzene rings is 1. The summed E-state index contributed by atoms with van der Waals surface area (Å²) < 4.78 is 41.4. The van der Waals surface area contributed by atoms with Gasteiger partial charge in [0.25, 0.3) is 0 Å². The zero-order valence-electron chi connectivity index (χ0n) is 6.97. The molecule has 0 fully saturated rings. The van der Waals surface area contributed by atoms with Crippen molar-refractivity contribution in [2.45, 2.75) is 4.90 Å². The average Bonchev–Trinajstić information content (AvgIpc) is 2.01. The summed E-state index contributed by atoms with van der Waals surface area (Å²) in [5, 5.41) is 4.84. The second kappa shape index (κ2) is 3.78. The molecule has 14 heavy (non-hydrogen) atoms. The van der Waals surface area contributed by atoms with E-state index in [4.69, 9.17) is 15.0 Å². The molecule has 0 aromatic heterocycles. The molecule has 1 rings (SSSR count). The summed E-state index contributed by atoms with van der Waals surface area (Å²) >= 11 is -3.51. The van der Waals surface area contributed by atoms with Gasteiger partial charge in [-0.3, -0.25) is 0 Å². The summed E-state index contributed by atoms with van der Waals surface area (Å²) in [7, 11) is -3.81. The summed E-state index contributed by atoms with van der Waals surface area (Å²) in [6, 6.07) is 3.44. The third-order valence-electron chi connectivity index (χ3n) is 1.58. The zero-order chi connectivity index (χ0) is 10.9. The van der Waals surface area contributed by atoms with E-state index in [-0.39, 0.29) is 14.9 Å². The van der Waals surface area contributed by atoms with E-state index in [0.717, 1.165) is 12.1 Å². The van der Waals surface area contributed by atoms with Crippen LogP contribution in [-0.4, -0.2) is 27.4 Å². The van der Waals surface area contributed by atoms with Crippen LogP contribution in [0.5, 0.6) is 0 Å². The van der Waals surface area contributed by atoms with Crippen molar-refractivity contribution in [1.29, 1.82) is 0 Å². The number of nitrogens with two attached hydrogens (primary N) is 2. The van der Waals surface area contributed by atoms with Crippen molar-refractivity contribution < 1.29 is 16.3 Å². The Morgan fingerprint density at radius 3 is 2.29 bits per heavy atom. The van der Waals surface area contributed by atoms with E-state index in [1.807, 2.05) is 0 Å². The van der Waals surface area contributed by atoms with E-state index in [9.17, 15) is 12.2 Å². The second-order valence-electron chi connectivity index (χ2n) is 2.60. The maximum absolute atomic E-state index is 10.9. The van der Waals surface area contributed by atoms with Gasteiger partial charge in [0.1, 0.15) is 0 Å². The minimum absolute atomic E-state index is 0.0241. The molecule has 0 aliphatic heterocycles.